The first-order valence-electron chi connectivity index (χ1n) is 4.06. The smallest absolute Gasteiger partial charge is 0.125 e. The number of hydrogen-bond acceptors (Lipinski definition) is 1. The Morgan fingerprint density at radius 2 is 2.08 bits per heavy atom. The summed E-state index contributed by atoms with van der Waals surface area (Å²) < 4.78 is 13.0. The molecule has 1 aliphatic rings. The van der Waals surface area contributed by atoms with Gasteiger partial charge in [0.15, 0.2) is 0 Å². The summed E-state index contributed by atoms with van der Waals surface area (Å²) in [7, 11) is 0. The van der Waals surface area contributed by atoms with Crippen LogP contribution < -0.4 is 5.32 Å². The van der Waals surface area contributed by atoms with E-state index in [1.54, 1.807) is 0 Å². The summed E-state index contributed by atoms with van der Waals surface area (Å²) in [6, 6.07) is 2.83. The van der Waals surface area contributed by atoms with Crippen LogP contribution >= 0.6 is 23.2 Å². The molecular formula is C9H8Cl2FN. The molecule has 0 aliphatic carbocycles. The van der Waals surface area contributed by atoms with Crippen LogP contribution in [0.2, 0.25) is 10.0 Å². The molecule has 4 heteroatoms. The van der Waals surface area contributed by atoms with Crippen molar-refractivity contribution in [1.29, 1.82) is 0 Å². The summed E-state index contributed by atoms with van der Waals surface area (Å²) >= 11 is 11.7. The highest BCUT2D eigenvalue weighted by Crippen LogP contribution is 2.34. The van der Waals surface area contributed by atoms with Gasteiger partial charge in [0.05, 0.1) is 10.0 Å². The van der Waals surface area contributed by atoms with Crippen molar-refractivity contribution in [2.24, 2.45) is 0 Å². The Kier molecular flexibility index (Phi) is 2.45. The predicted octanol–water partition coefficient (Wildman–Crippen LogP) is 3.17. The molecule has 0 amide bonds. The van der Waals surface area contributed by atoms with E-state index in [1.807, 2.05) is 0 Å². The molecule has 0 bridgehead atoms. The SMILES string of the molecule is Fc1cc(Cl)c(Cl)c([C@H]2CCN2)c1. The van der Waals surface area contributed by atoms with Crippen molar-refractivity contribution in [3.63, 3.8) is 0 Å². The van der Waals surface area contributed by atoms with Crippen molar-refractivity contribution < 1.29 is 4.39 Å². The lowest BCUT2D eigenvalue weighted by Gasteiger charge is -2.29. The van der Waals surface area contributed by atoms with Crippen molar-refractivity contribution in [1.82, 2.24) is 5.32 Å². The molecule has 1 aliphatic heterocycles. The van der Waals surface area contributed by atoms with Crippen LogP contribution in [0.5, 0.6) is 0 Å². The van der Waals surface area contributed by atoms with Crippen LogP contribution in [-0.2, 0) is 0 Å². The summed E-state index contributed by atoms with van der Waals surface area (Å²) in [5.41, 5.74) is 0.762. The van der Waals surface area contributed by atoms with Crippen molar-refractivity contribution >= 4 is 23.2 Å². The van der Waals surface area contributed by atoms with Gasteiger partial charge in [0, 0.05) is 6.04 Å². The highest BCUT2D eigenvalue weighted by molar-refractivity contribution is 6.42. The fourth-order valence-electron chi connectivity index (χ4n) is 1.38. The standard InChI is InChI=1S/C9H8Cl2FN/c10-7-4-5(12)3-6(9(7)11)8-1-2-13-8/h3-4,8,13H,1-2H2/t8-/m1/s1. The second kappa shape index (κ2) is 3.45. The number of benzene rings is 1. The van der Waals surface area contributed by atoms with Gasteiger partial charge in [-0.2, -0.15) is 0 Å². The fraction of sp³-hybridized carbons (Fsp3) is 0.333. The third-order valence-electron chi connectivity index (χ3n) is 2.22. The Bertz CT molecular complexity index is 337. The lowest BCUT2D eigenvalue weighted by molar-refractivity contribution is 0.382. The fourth-order valence-corrected chi connectivity index (χ4v) is 1.84. The third kappa shape index (κ3) is 1.66. The van der Waals surface area contributed by atoms with Gasteiger partial charge in [0.1, 0.15) is 5.82 Å². The maximum absolute atomic E-state index is 13.0. The molecule has 1 nitrogen and oxygen atoms in total. The summed E-state index contributed by atoms with van der Waals surface area (Å²) in [6.07, 6.45) is 0.986. The molecule has 0 spiro atoms. The molecule has 1 fully saturated rings. The highest BCUT2D eigenvalue weighted by Gasteiger charge is 2.22. The van der Waals surface area contributed by atoms with Gasteiger partial charge in [0.25, 0.3) is 0 Å². The minimum absolute atomic E-state index is 0.167. The first kappa shape index (κ1) is 9.25. The average Bonchev–Trinajstić information content (AvgIpc) is 1.95. The molecule has 1 saturated heterocycles. The first-order valence-corrected chi connectivity index (χ1v) is 4.82. The predicted molar refractivity (Wildman–Crippen MR) is 51.8 cm³/mol. The van der Waals surface area contributed by atoms with Crippen molar-refractivity contribution in [2.75, 3.05) is 6.54 Å². The van der Waals surface area contributed by atoms with Gasteiger partial charge in [-0.05, 0) is 30.7 Å². The van der Waals surface area contributed by atoms with E-state index in [4.69, 9.17) is 23.2 Å². The Hall–Kier alpha value is -0.310. The van der Waals surface area contributed by atoms with E-state index >= 15 is 0 Å². The van der Waals surface area contributed by atoms with Crippen LogP contribution in [0.15, 0.2) is 12.1 Å². The van der Waals surface area contributed by atoms with Crippen LogP contribution in [0.25, 0.3) is 0 Å². The van der Waals surface area contributed by atoms with Crippen molar-refractivity contribution in [2.45, 2.75) is 12.5 Å². The summed E-state index contributed by atoms with van der Waals surface area (Å²) in [4.78, 5) is 0. The van der Waals surface area contributed by atoms with Crippen LogP contribution in [0.3, 0.4) is 0 Å². The van der Waals surface area contributed by atoms with Gasteiger partial charge in [-0.1, -0.05) is 23.2 Å². The molecule has 13 heavy (non-hydrogen) atoms. The lowest BCUT2D eigenvalue weighted by atomic mass is 9.98. The topological polar surface area (TPSA) is 12.0 Å². The average molecular weight is 220 g/mol. The Balaban J connectivity index is 2.42. The number of hydrogen-bond donors (Lipinski definition) is 1. The van der Waals surface area contributed by atoms with Gasteiger partial charge in [-0.15, -0.1) is 0 Å². The third-order valence-corrected chi connectivity index (χ3v) is 3.04. The molecule has 70 valence electrons. The minimum atomic E-state index is -0.335. The van der Waals surface area contributed by atoms with E-state index in [1.165, 1.54) is 12.1 Å². The van der Waals surface area contributed by atoms with Crippen molar-refractivity contribution in [3.8, 4) is 0 Å². The molecule has 1 aromatic carbocycles. The number of nitrogens with one attached hydrogen (secondary N) is 1. The zero-order chi connectivity index (χ0) is 9.42. The molecule has 1 aromatic rings. The van der Waals surface area contributed by atoms with Gasteiger partial charge >= 0.3 is 0 Å². The molecule has 0 unspecified atom stereocenters. The van der Waals surface area contributed by atoms with Crippen LogP contribution in [0.1, 0.15) is 18.0 Å². The lowest BCUT2D eigenvalue weighted by Crippen LogP contribution is -2.35. The molecule has 1 N–H and O–H groups in total. The Labute approximate surface area is 85.8 Å². The second-order valence-electron chi connectivity index (χ2n) is 3.09. The molecule has 0 radical (unpaired) electrons. The van der Waals surface area contributed by atoms with Gasteiger partial charge in [-0.25, -0.2) is 4.39 Å². The normalized spacial score (nSPS) is 21.3. The second-order valence-corrected chi connectivity index (χ2v) is 3.87. The molecular weight excluding hydrogens is 212 g/mol. The Morgan fingerprint density at radius 1 is 1.38 bits per heavy atom. The Morgan fingerprint density at radius 3 is 2.62 bits per heavy atom. The van der Waals surface area contributed by atoms with Gasteiger partial charge in [0.2, 0.25) is 0 Å². The van der Waals surface area contributed by atoms with Gasteiger partial charge < -0.3 is 5.32 Å². The van der Waals surface area contributed by atoms with Crippen molar-refractivity contribution in [3.05, 3.63) is 33.6 Å². The van der Waals surface area contributed by atoms with E-state index in [-0.39, 0.29) is 16.9 Å². The number of halogens is 3. The van der Waals surface area contributed by atoms with E-state index in [0.29, 0.717) is 5.02 Å². The molecule has 1 heterocycles. The van der Waals surface area contributed by atoms with E-state index < -0.39 is 0 Å². The zero-order valence-corrected chi connectivity index (χ0v) is 8.29. The molecule has 1 atom stereocenters. The largest absolute Gasteiger partial charge is 0.310 e. The highest BCUT2D eigenvalue weighted by atomic mass is 35.5. The monoisotopic (exact) mass is 219 g/mol. The minimum Gasteiger partial charge on any atom is -0.310 e. The first-order chi connectivity index (χ1) is 6.18. The quantitative estimate of drug-likeness (QED) is 0.716. The molecule has 0 saturated carbocycles. The van der Waals surface area contributed by atoms with Gasteiger partial charge in [-0.3, -0.25) is 0 Å². The molecule has 2 rings (SSSR count). The summed E-state index contributed by atoms with van der Waals surface area (Å²) in [5, 5.41) is 3.89. The van der Waals surface area contributed by atoms with Crippen LogP contribution in [0.4, 0.5) is 4.39 Å². The van der Waals surface area contributed by atoms with Crippen LogP contribution in [-0.4, -0.2) is 6.54 Å². The summed E-state index contributed by atoms with van der Waals surface area (Å²) in [5.74, 6) is -0.335. The zero-order valence-electron chi connectivity index (χ0n) is 6.78. The maximum atomic E-state index is 13.0. The van der Waals surface area contributed by atoms with Crippen LogP contribution in [0, 0.1) is 5.82 Å². The summed E-state index contributed by atoms with van der Waals surface area (Å²) in [6.45, 7) is 0.953. The van der Waals surface area contributed by atoms with E-state index in [9.17, 15) is 4.39 Å². The van der Waals surface area contributed by atoms with E-state index in [0.717, 1.165) is 18.5 Å². The molecule has 0 aromatic heterocycles. The number of rotatable bonds is 1. The maximum Gasteiger partial charge on any atom is 0.125 e. The van der Waals surface area contributed by atoms with E-state index in [2.05, 4.69) is 5.32 Å².